The van der Waals surface area contributed by atoms with Gasteiger partial charge in [0.1, 0.15) is 11.2 Å². The molecule has 28 heavy (non-hydrogen) atoms. The van der Waals surface area contributed by atoms with Gasteiger partial charge in [-0.05, 0) is 25.5 Å². The first-order valence-corrected chi connectivity index (χ1v) is 9.30. The molecular formula is C22H20N2O4. The molecule has 0 saturated carbocycles. The fourth-order valence-corrected chi connectivity index (χ4v) is 3.50. The standard InChI is InChI=1S/C22H20N2O4/c1-2-24(11-5-8-21(26)27)14-9-10-17-19(12-14)28-20-13-18(25)15-6-3-4-7-16(15)22(20)23-17/h3-4,6-7,9-10,12-13H,2,5,8,11H2,1H3,(H,26,27). The molecule has 2 aromatic rings. The van der Waals surface area contributed by atoms with E-state index < -0.39 is 5.97 Å². The summed E-state index contributed by atoms with van der Waals surface area (Å²) >= 11 is 0. The van der Waals surface area contributed by atoms with Gasteiger partial charge in [0.05, 0.1) is 0 Å². The zero-order valence-corrected chi connectivity index (χ0v) is 15.5. The van der Waals surface area contributed by atoms with E-state index >= 15 is 0 Å². The first-order chi connectivity index (χ1) is 13.6. The second-order valence-electron chi connectivity index (χ2n) is 6.71. The number of aromatic nitrogens is 1. The Labute approximate surface area is 161 Å². The van der Waals surface area contributed by atoms with Crippen LogP contribution in [0.3, 0.4) is 0 Å². The predicted molar refractivity (Wildman–Crippen MR) is 109 cm³/mol. The molecule has 0 amide bonds. The zero-order valence-electron chi connectivity index (χ0n) is 15.5. The highest BCUT2D eigenvalue weighted by Crippen LogP contribution is 2.31. The topological polar surface area (TPSA) is 83.6 Å². The average Bonchev–Trinajstić information content (AvgIpc) is 2.70. The van der Waals surface area contributed by atoms with E-state index in [-0.39, 0.29) is 11.8 Å². The molecule has 142 valence electrons. The molecular weight excluding hydrogens is 356 g/mol. The Bertz CT molecular complexity index is 1200. The van der Waals surface area contributed by atoms with Gasteiger partial charge in [-0.2, -0.15) is 0 Å². The molecule has 6 heteroatoms. The molecule has 0 radical (unpaired) electrons. The van der Waals surface area contributed by atoms with E-state index in [1.54, 1.807) is 6.07 Å². The van der Waals surface area contributed by atoms with Gasteiger partial charge in [0.2, 0.25) is 0 Å². The summed E-state index contributed by atoms with van der Waals surface area (Å²) in [6.45, 7) is 3.42. The first-order valence-electron chi connectivity index (χ1n) is 9.30. The minimum Gasteiger partial charge on any atom is -0.481 e. The summed E-state index contributed by atoms with van der Waals surface area (Å²) in [7, 11) is 0. The minimum absolute atomic E-state index is 0.0898. The SMILES string of the molecule is CCN(CCCC(=O)O)c1ccc2nc3c4ccccc4c(=O)cc-3oc2c1. The molecule has 0 fully saturated rings. The maximum Gasteiger partial charge on any atom is 0.303 e. The fraction of sp³-hybridized carbons (Fsp3) is 0.227. The quantitative estimate of drug-likeness (QED) is 0.402. The maximum atomic E-state index is 12.4. The van der Waals surface area contributed by atoms with Gasteiger partial charge in [0, 0.05) is 48.1 Å². The lowest BCUT2D eigenvalue weighted by Crippen LogP contribution is -2.24. The van der Waals surface area contributed by atoms with E-state index in [2.05, 4.69) is 4.90 Å². The molecule has 1 aliphatic heterocycles. The van der Waals surface area contributed by atoms with Crippen LogP contribution in [0.1, 0.15) is 19.8 Å². The van der Waals surface area contributed by atoms with E-state index in [4.69, 9.17) is 14.5 Å². The number of fused-ring (bicyclic) bond motifs is 4. The monoisotopic (exact) mass is 376 g/mol. The summed E-state index contributed by atoms with van der Waals surface area (Å²) in [5.41, 5.74) is 2.82. The van der Waals surface area contributed by atoms with Crippen LogP contribution in [-0.2, 0) is 4.79 Å². The average molecular weight is 376 g/mol. The number of aliphatic carboxylic acids is 1. The molecule has 4 rings (SSSR count). The molecule has 1 aliphatic carbocycles. The van der Waals surface area contributed by atoms with Crippen LogP contribution in [0, 0.1) is 0 Å². The van der Waals surface area contributed by atoms with Gasteiger partial charge in [0.15, 0.2) is 16.8 Å². The van der Waals surface area contributed by atoms with Crippen molar-refractivity contribution >= 4 is 33.5 Å². The van der Waals surface area contributed by atoms with Gasteiger partial charge >= 0.3 is 5.97 Å². The Morgan fingerprint density at radius 2 is 1.93 bits per heavy atom. The highest BCUT2D eigenvalue weighted by atomic mass is 16.4. The summed E-state index contributed by atoms with van der Waals surface area (Å²) in [4.78, 5) is 30.0. The summed E-state index contributed by atoms with van der Waals surface area (Å²) < 4.78 is 6.03. The Balaban J connectivity index is 1.78. The third kappa shape index (κ3) is 3.29. The number of hydrogen-bond acceptors (Lipinski definition) is 5. The number of rotatable bonds is 6. The second kappa shape index (κ2) is 7.31. The smallest absolute Gasteiger partial charge is 0.303 e. The number of hydrogen-bond donors (Lipinski definition) is 1. The normalized spacial score (nSPS) is 11.3. The molecule has 0 aromatic heterocycles. The van der Waals surface area contributed by atoms with Crippen LogP contribution >= 0.6 is 0 Å². The summed E-state index contributed by atoms with van der Waals surface area (Å²) in [5, 5.41) is 10.3. The van der Waals surface area contributed by atoms with Gasteiger partial charge in [-0.1, -0.05) is 24.3 Å². The molecule has 0 saturated heterocycles. The van der Waals surface area contributed by atoms with Crippen molar-refractivity contribution in [2.24, 2.45) is 0 Å². The van der Waals surface area contributed by atoms with E-state index in [1.807, 2.05) is 43.3 Å². The van der Waals surface area contributed by atoms with Gasteiger partial charge in [-0.3, -0.25) is 9.59 Å². The van der Waals surface area contributed by atoms with Gasteiger partial charge in [0.25, 0.3) is 0 Å². The maximum absolute atomic E-state index is 12.4. The number of benzene rings is 3. The van der Waals surface area contributed by atoms with Crippen molar-refractivity contribution in [3.05, 3.63) is 58.8 Å². The van der Waals surface area contributed by atoms with Crippen LogP contribution in [0.5, 0.6) is 0 Å². The molecule has 1 heterocycles. The third-order valence-corrected chi connectivity index (χ3v) is 4.90. The van der Waals surface area contributed by atoms with E-state index in [9.17, 15) is 9.59 Å². The lowest BCUT2D eigenvalue weighted by Gasteiger charge is -2.23. The summed E-state index contributed by atoms with van der Waals surface area (Å²) in [5.74, 6) is -0.330. The Morgan fingerprint density at radius 1 is 1.14 bits per heavy atom. The largest absolute Gasteiger partial charge is 0.481 e. The lowest BCUT2D eigenvalue weighted by atomic mass is 10.0. The van der Waals surface area contributed by atoms with Gasteiger partial charge in [-0.15, -0.1) is 0 Å². The molecule has 6 nitrogen and oxygen atoms in total. The van der Waals surface area contributed by atoms with Crippen LogP contribution in [0.25, 0.3) is 33.3 Å². The van der Waals surface area contributed by atoms with Gasteiger partial charge < -0.3 is 14.4 Å². The highest BCUT2D eigenvalue weighted by Gasteiger charge is 2.16. The van der Waals surface area contributed by atoms with Crippen molar-refractivity contribution in [1.82, 2.24) is 4.98 Å². The fourth-order valence-electron chi connectivity index (χ4n) is 3.50. The molecule has 0 unspecified atom stereocenters. The zero-order chi connectivity index (χ0) is 19.7. The number of anilines is 1. The molecule has 1 N–H and O–H groups in total. The molecule has 2 aromatic carbocycles. The minimum atomic E-state index is -0.791. The number of nitrogens with zero attached hydrogens (tertiary/aromatic N) is 2. The second-order valence-corrected chi connectivity index (χ2v) is 6.71. The van der Waals surface area contributed by atoms with E-state index in [1.165, 1.54) is 6.07 Å². The van der Waals surface area contributed by atoms with Crippen LogP contribution in [0.15, 0.2) is 57.7 Å². The molecule has 0 bridgehead atoms. The van der Waals surface area contributed by atoms with Crippen LogP contribution in [0.4, 0.5) is 5.69 Å². The lowest BCUT2D eigenvalue weighted by molar-refractivity contribution is -0.137. The van der Waals surface area contributed by atoms with E-state index in [0.29, 0.717) is 40.9 Å². The van der Waals surface area contributed by atoms with Crippen molar-refractivity contribution < 1.29 is 14.3 Å². The van der Waals surface area contributed by atoms with Crippen molar-refractivity contribution in [2.45, 2.75) is 19.8 Å². The van der Waals surface area contributed by atoms with Crippen molar-refractivity contribution in [3.63, 3.8) is 0 Å². The summed E-state index contributed by atoms with van der Waals surface area (Å²) in [6, 6.07) is 14.6. The predicted octanol–water partition coefficient (Wildman–Crippen LogP) is 4.14. The third-order valence-electron chi connectivity index (χ3n) is 4.90. The number of carboxylic acid groups (broad SMARTS) is 1. The highest BCUT2D eigenvalue weighted by molar-refractivity contribution is 5.96. The molecule has 2 aliphatic rings. The number of carbonyl (C=O) groups is 1. The van der Waals surface area contributed by atoms with Crippen molar-refractivity contribution in [2.75, 3.05) is 18.0 Å². The Kier molecular flexibility index (Phi) is 4.69. The van der Waals surface area contributed by atoms with Crippen LogP contribution < -0.4 is 10.3 Å². The Hall–Kier alpha value is -3.41. The molecule has 0 atom stereocenters. The number of carboxylic acids is 1. The van der Waals surface area contributed by atoms with Crippen LogP contribution in [0.2, 0.25) is 0 Å². The van der Waals surface area contributed by atoms with Gasteiger partial charge in [-0.25, -0.2) is 4.98 Å². The van der Waals surface area contributed by atoms with Crippen molar-refractivity contribution in [1.29, 1.82) is 0 Å². The Morgan fingerprint density at radius 3 is 2.68 bits per heavy atom. The first kappa shape index (κ1) is 18.0. The molecule has 0 spiro atoms. The van der Waals surface area contributed by atoms with Crippen LogP contribution in [-0.4, -0.2) is 29.1 Å². The van der Waals surface area contributed by atoms with Crippen molar-refractivity contribution in [3.8, 4) is 11.5 Å². The summed E-state index contributed by atoms with van der Waals surface area (Å²) in [6.07, 6.45) is 0.708. The van der Waals surface area contributed by atoms with E-state index in [0.717, 1.165) is 17.6 Å².